The highest BCUT2D eigenvalue weighted by molar-refractivity contribution is 7.95. The highest BCUT2D eigenvalue weighted by Gasteiger charge is 2.24. The molecule has 0 fully saturated rings. The zero-order valence-electron chi connectivity index (χ0n) is 9.25. The smallest absolute Gasteiger partial charge is 0.235 e. The Balaban J connectivity index is 3.33. The summed E-state index contributed by atoms with van der Waals surface area (Å²) >= 11 is 0. The SMILES string of the molecule is CN(C)C=C(C#N)S(=O)(=O)c1cncn1C. The summed E-state index contributed by atoms with van der Waals surface area (Å²) in [5.41, 5.74) is 0. The minimum atomic E-state index is -3.77. The van der Waals surface area contributed by atoms with Crippen molar-refractivity contribution in [1.29, 1.82) is 5.26 Å². The quantitative estimate of drug-likeness (QED) is 0.701. The van der Waals surface area contributed by atoms with Gasteiger partial charge in [0.25, 0.3) is 0 Å². The Hall–Kier alpha value is -1.81. The van der Waals surface area contributed by atoms with Crippen LogP contribution in [0.3, 0.4) is 0 Å². The first-order valence-corrected chi connectivity index (χ1v) is 5.87. The Morgan fingerprint density at radius 2 is 2.25 bits per heavy atom. The molecule has 86 valence electrons. The van der Waals surface area contributed by atoms with Gasteiger partial charge in [-0.25, -0.2) is 13.4 Å². The van der Waals surface area contributed by atoms with E-state index in [9.17, 15) is 8.42 Å². The molecule has 0 bridgehead atoms. The lowest BCUT2D eigenvalue weighted by atomic mass is 10.6. The maximum atomic E-state index is 12.0. The molecule has 1 heterocycles. The zero-order valence-corrected chi connectivity index (χ0v) is 10.1. The second kappa shape index (κ2) is 4.37. The highest BCUT2D eigenvalue weighted by Crippen LogP contribution is 2.17. The minimum Gasteiger partial charge on any atom is -0.382 e. The van der Waals surface area contributed by atoms with Gasteiger partial charge in [-0.2, -0.15) is 5.26 Å². The van der Waals surface area contributed by atoms with Crippen LogP contribution in [0.4, 0.5) is 0 Å². The molecule has 0 radical (unpaired) electrons. The zero-order chi connectivity index (χ0) is 12.3. The summed E-state index contributed by atoms with van der Waals surface area (Å²) in [5.74, 6) is 0. The third-order valence-electron chi connectivity index (χ3n) is 1.82. The van der Waals surface area contributed by atoms with E-state index < -0.39 is 9.84 Å². The molecule has 6 nitrogen and oxygen atoms in total. The number of nitriles is 1. The number of aromatic nitrogens is 2. The molecule has 0 aliphatic rings. The van der Waals surface area contributed by atoms with E-state index in [0.717, 1.165) is 0 Å². The third-order valence-corrected chi connectivity index (χ3v) is 3.54. The molecule has 0 unspecified atom stereocenters. The van der Waals surface area contributed by atoms with E-state index in [1.54, 1.807) is 27.2 Å². The Bertz CT molecular complexity index is 548. The molecule has 0 aliphatic heterocycles. The molecular weight excluding hydrogens is 228 g/mol. The number of imidazole rings is 1. The van der Waals surface area contributed by atoms with Gasteiger partial charge in [0.2, 0.25) is 9.84 Å². The number of aryl methyl sites for hydroxylation is 1. The van der Waals surface area contributed by atoms with Crippen molar-refractivity contribution in [2.45, 2.75) is 5.03 Å². The molecule has 7 heteroatoms. The second-order valence-electron chi connectivity index (χ2n) is 3.41. The fourth-order valence-corrected chi connectivity index (χ4v) is 2.43. The van der Waals surface area contributed by atoms with Crippen molar-refractivity contribution >= 4 is 9.84 Å². The van der Waals surface area contributed by atoms with E-state index in [-0.39, 0.29) is 9.93 Å². The van der Waals surface area contributed by atoms with Crippen molar-refractivity contribution in [1.82, 2.24) is 14.5 Å². The summed E-state index contributed by atoms with van der Waals surface area (Å²) < 4.78 is 25.4. The van der Waals surface area contributed by atoms with Crippen molar-refractivity contribution in [2.75, 3.05) is 14.1 Å². The molecule has 0 aromatic carbocycles. The molecule has 0 spiro atoms. The molecule has 0 amide bonds. The lowest BCUT2D eigenvalue weighted by Gasteiger charge is -2.07. The Morgan fingerprint density at radius 1 is 1.62 bits per heavy atom. The molecule has 16 heavy (non-hydrogen) atoms. The van der Waals surface area contributed by atoms with Crippen LogP contribution in [0, 0.1) is 11.3 Å². The van der Waals surface area contributed by atoms with Gasteiger partial charge in [-0.15, -0.1) is 0 Å². The molecule has 0 saturated carbocycles. The molecule has 0 atom stereocenters. The number of sulfone groups is 1. The average molecular weight is 240 g/mol. The predicted octanol–water partition coefficient (Wildman–Crippen LogP) is 0.120. The topological polar surface area (TPSA) is 79.0 Å². The first-order valence-electron chi connectivity index (χ1n) is 4.39. The van der Waals surface area contributed by atoms with Crippen LogP contribution in [0.25, 0.3) is 0 Å². The predicted molar refractivity (Wildman–Crippen MR) is 57.8 cm³/mol. The minimum absolute atomic E-state index is 0.00199. The number of hydrogen-bond acceptors (Lipinski definition) is 5. The van der Waals surface area contributed by atoms with Gasteiger partial charge in [0.1, 0.15) is 6.07 Å². The van der Waals surface area contributed by atoms with Gasteiger partial charge in [-0.1, -0.05) is 0 Å². The van der Waals surface area contributed by atoms with Crippen molar-refractivity contribution in [3.63, 3.8) is 0 Å². The van der Waals surface area contributed by atoms with Gasteiger partial charge in [0.05, 0.1) is 12.5 Å². The van der Waals surface area contributed by atoms with Crippen LogP contribution in [0.5, 0.6) is 0 Å². The summed E-state index contributed by atoms with van der Waals surface area (Å²) in [7, 11) is 1.08. The van der Waals surface area contributed by atoms with E-state index in [4.69, 9.17) is 5.26 Å². The van der Waals surface area contributed by atoms with Crippen LogP contribution in [0.1, 0.15) is 0 Å². The number of rotatable bonds is 3. The third kappa shape index (κ3) is 2.23. The van der Waals surface area contributed by atoms with Crippen LogP contribution in [0.15, 0.2) is 28.7 Å². The lowest BCUT2D eigenvalue weighted by molar-refractivity contribution is 0.558. The summed E-state index contributed by atoms with van der Waals surface area (Å²) in [6.07, 6.45) is 3.86. The highest BCUT2D eigenvalue weighted by atomic mass is 32.2. The molecule has 0 saturated heterocycles. The normalized spacial score (nSPS) is 12.2. The number of allylic oxidation sites excluding steroid dienone is 1. The van der Waals surface area contributed by atoms with E-state index >= 15 is 0 Å². The van der Waals surface area contributed by atoms with E-state index in [2.05, 4.69) is 4.98 Å². The molecule has 1 aromatic rings. The molecular formula is C9H12N4O2S. The van der Waals surface area contributed by atoms with Gasteiger partial charge in [0, 0.05) is 27.3 Å². The second-order valence-corrected chi connectivity index (χ2v) is 5.28. The summed E-state index contributed by atoms with van der Waals surface area (Å²) in [4.78, 5) is 4.92. The number of nitrogens with zero attached hydrogens (tertiary/aromatic N) is 4. The molecule has 1 rings (SSSR count). The van der Waals surface area contributed by atoms with Crippen LogP contribution in [-0.2, 0) is 16.9 Å². The van der Waals surface area contributed by atoms with Gasteiger partial charge in [-0.3, -0.25) is 0 Å². The van der Waals surface area contributed by atoms with Crippen molar-refractivity contribution in [2.24, 2.45) is 7.05 Å². The monoisotopic (exact) mass is 240 g/mol. The first kappa shape index (κ1) is 12.3. The maximum Gasteiger partial charge on any atom is 0.235 e. The summed E-state index contributed by atoms with van der Waals surface area (Å²) in [6, 6.07) is 1.68. The first-order chi connectivity index (χ1) is 7.39. The number of hydrogen-bond donors (Lipinski definition) is 0. The largest absolute Gasteiger partial charge is 0.382 e. The van der Waals surface area contributed by atoms with Crippen LogP contribution < -0.4 is 0 Å². The van der Waals surface area contributed by atoms with Gasteiger partial charge < -0.3 is 9.47 Å². The fraction of sp³-hybridized carbons (Fsp3) is 0.333. The standard InChI is InChI=1S/C9H12N4O2S/c1-12(2)6-8(4-10)16(14,15)9-5-11-7-13(9)3/h5-7H,1-3H3. The van der Waals surface area contributed by atoms with E-state index in [1.165, 1.54) is 28.2 Å². The Labute approximate surface area is 94.3 Å². The molecule has 1 aromatic heterocycles. The van der Waals surface area contributed by atoms with Gasteiger partial charge >= 0.3 is 0 Å². The van der Waals surface area contributed by atoms with Crippen molar-refractivity contribution in [3.05, 3.63) is 23.6 Å². The summed E-state index contributed by atoms with van der Waals surface area (Å²) in [5, 5.41) is 8.85. The summed E-state index contributed by atoms with van der Waals surface area (Å²) in [6.45, 7) is 0. The van der Waals surface area contributed by atoms with Crippen molar-refractivity contribution < 1.29 is 8.42 Å². The van der Waals surface area contributed by atoms with Gasteiger partial charge in [0.15, 0.2) is 9.93 Å². The Morgan fingerprint density at radius 3 is 2.62 bits per heavy atom. The fourth-order valence-electron chi connectivity index (χ4n) is 1.11. The average Bonchev–Trinajstić information content (AvgIpc) is 2.60. The Kier molecular flexibility index (Phi) is 3.34. The van der Waals surface area contributed by atoms with Crippen LogP contribution in [0.2, 0.25) is 0 Å². The van der Waals surface area contributed by atoms with E-state index in [1.807, 2.05) is 0 Å². The van der Waals surface area contributed by atoms with Crippen LogP contribution >= 0.6 is 0 Å². The lowest BCUT2D eigenvalue weighted by Crippen LogP contribution is -2.12. The molecule has 0 N–H and O–H groups in total. The van der Waals surface area contributed by atoms with Gasteiger partial charge in [-0.05, 0) is 0 Å². The van der Waals surface area contributed by atoms with Crippen LogP contribution in [-0.4, -0.2) is 37.0 Å². The molecule has 0 aliphatic carbocycles. The maximum absolute atomic E-state index is 12.0. The van der Waals surface area contributed by atoms with E-state index in [0.29, 0.717) is 0 Å². The van der Waals surface area contributed by atoms with Crippen molar-refractivity contribution in [3.8, 4) is 6.07 Å².